The molecule has 2 aromatic carbocycles. The number of halogens is 1. The second-order valence-corrected chi connectivity index (χ2v) is 6.55. The van der Waals surface area contributed by atoms with Crippen molar-refractivity contribution >= 4 is 39.3 Å². The summed E-state index contributed by atoms with van der Waals surface area (Å²) in [5.41, 5.74) is 3.66. The summed E-state index contributed by atoms with van der Waals surface area (Å²) >= 11 is 6.16. The number of rotatable bonds is 4. The van der Waals surface area contributed by atoms with Crippen molar-refractivity contribution in [2.75, 3.05) is 0 Å². The first-order valence-corrected chi connectivity index (χ1v) is 8.94. The number of aromatic nitrogens is 2. The largest absolute Gasteiger partial charge is 0.348 e. The Labute approximate surface area is 156 Å². The van der Waals surface area contributed by atoms with Crippen molar-refractivity contribution in [2.24, 2.45) is 0 Å². The van der Waals surface area contributed by atoms with E-state index in [1.165, 1.54) is 0 Å². The van der Waals surface area contributed by atoms with Crippen molar-refractivity contribution in [1.82, 2.24) is 14.9 Å². The first kappa shape index (κ1) is 16.6. The maximum absolute atomic E-state index is 12.6. The number of benzene rings is 2. The van der Waals surface area contributed by atoms with Crippen LogP contribution in [0.5, 0.6) is 0 Å². The van der Waals surface area contributed by atoms with Gasteiger partial charge in [-0.3, -0.25) is 9.78 Å². The Morgan fingerprint density at radius 1 is 1.12 bits per heavy atom. The number of nitrogens with one attached hydrogen (secondary N) is 1. The fourth-order valence-electron chi connectivity index (χ4n) is 3.34. The van der Waals surface area contributed by atoms with Crippen molar-refractivity contribution in [1.29, 1.82) is 0 Å². The second-order valence-electron chi connectivity index (χ2n) is 6.14. The standard InChI is InChI=1S/C21H18ClN3O/c1-2-25-19-11-14(7-8-16(19)17-9-10-23-13-20(17)25)21(26)24-12-15-5-3-4-6-18(15)22/h3-11,13H,2,12H2,1H3,(H,24,26). The number of hydrogen-bond donors (Lipinski definition) is 1. The third-order valence-corrected chi connectivity index (χ3v) is 5.01. The van der Waals surface area contributed by atoms with E-state index in [0.717, 1.165) is 33.9 Å². The Hall–Kier alpha value is -2.85. The van der Waals surface area contributed by atoms with Gasteiger partial charge in [0.15, 0.2) is 0 Å². The lowest BCUT2D eigenvalue weighted by molar-refractivity contribution is 0.0951. The van der Waals surface area contributed by atoms with Gasteiger partial charge in [0.1, 0.15) is 0 Å². The summed E-state index contributed by atoms with van der Waals surface area (Å²) in [5, 5.41) is 5.89. The molecule has 5 heteroatoms. The van der Waals surface area contributed by atoms with Gasteiger partial charge in [-0.2, -0.15) is 0 Å². The highest BCUT2D eigenvalue weighted by molar-refractivity contribution is 6.31. The molecule has 0 saturated heterocycles. The number of carbonyl (C=O) groups excluding carboxylic acids is 1. The first-order valence-electron chi connectivity index (χ1n) is 8.56. The number of aryl methyl sites for hydroxylation is 1. The molecular formula is C21H18ClN3O. The van der Waals surface area contributed by atoms with Crippen LogP contribution in [0.25, 0.3) is 21.8 Å². The number of pyridine rings is 1. The fraction of sp³-hybridized carbons (Fsp3) is 0.143. The van der Waals surface area contributed by atoms with Crippen molar-refractivity contribution < 1.29 is 4.79 Å². The van der Waals surface area contributed by atoms with Gasteiger partial charge in [-0.25, -0.2) is 0 Å². The normalized spacial score (nSPS) is 11.2. The van der Waals surface area contributed by atoms with Gasteiger partial charge in [-0.15, -0.1) is 0 Å². The zero-order valence-corrected chi connectivity index (χ0v) is 15.1. The maximum Gasteiger partial charge on any atom is 0.251 e. The molecule has 2 aromatic heterocycles. The van der Waals surface area contributed by atoms with Crippen LogP contribution < -0.4 is 5.32 Å². The second kappa shape index (κ2) is 6.81. The lowest BCUT2D eigenvalue weighted by Gasteiger charge is -2.08. The molecule has 1 amide bonds. The van der Waals surface area contributed by atoms with Crippen LogP contribution in [-0.4, -0.2) is 15.5 Å². The van der Waals surface area contributed by atoms with E-state index < -0.39 is 0 Å². The van der Waals surface area contributed by atoms with Gasteiger partial charge in [0.2, 0.25) is 0 Å². The molecule has 4 rings (SSSR count). The van der Waals surface area contributed by atoms with Gasteiger partial charge in [-0.05, 0) is 36.8 Å². The minimum Gasteiger partial charge on any atom is -0.348 e. The van der Waals surface area contributed by atoms with E-state index in [1.807, 2.05) is 54.7 Å². The van der Waals surface area contributed by atoms with Crippen LogP contribution in [-0.2, 0) is 13.1 Å². The molecule has 4 aromatic rings. The molecular weight excluding hydrogens is 346 g/mol. The van der Waals surface area contributed by atoms with Crippen LogP contribution in [0.4, 0.5) is 0 Å². The van der Waals surface area contributed by atoms with Crippen LogP contribution in [0.3, 0.4) is 0 Å². The molecule has 130 valence electrons. The molecule has 26 heavy (non-hydrogen) atoms. The summed E-state index contributed by atoms with van der Waals surface area (Å²) in [6.45, 7) is 3.31. The highest BCUT2D eigenvalue weighted by atomic mass is 35.5. The molecule has 0 bridgehead atoms. The molecule has 0 aliphatic rings. The maximum atomic E-state index is 12.6. The number of hydrogen-bond acceptors (Lipinski definition) is 2. The summed E-state index contributed by atoms with van der Waals surface area (Å²) in [6, 6.07) is 15.4. The third-order valence-electron chi connectivity index (χ3n) is 4.65. The topological polar surface area (TPSA) is 46.9 Å². The molecule has 2 heterocycles. The molecule has 0 spiro atoms. The Balaban J connectivity index is 1.67. The zero-order valence-electron chi connectivity index (χ0n) is 14.4. The van der Waals surface area contributed by atoms with Crippen LogP contribution in [0.15, 0.2) is 60.9 Å². The zero-order chi connectivity index (χ0) is 18.1. The van der Waals surface area contributed by atoms with E-state index in [9.17, 15) is 4.79 Å². The molecule has 0 unspecified atom stereocenters. The van der Waals surface area contributed by atoms with Gasteiger partial charge in [0.25, 0.3) is 5.91 Å². The van der Waals surface area contributed by atoms with Crippen molar-refractivity contribution in [3.63, 3.8) is 0 Å². The van der Waals surface area contributed by atoms with Crippen LogP contribution in [0, 0.1) is 0 Å². The fourth-order valence-corrected chi connectivity index (χ4v) is 3.55. The van der Waals surface area contributed by atoms with Gasteiger partial charge in [0.05, 0.1) is 11.7 Å². The predicted molar refractivity (Wildman–Crippen MR) is 106 cm³/mol. The van der Waals surface area contributed by atoms with E-state index in [1.54, 1.807) is 6.20 Å². The van der Waals surface area contributed by atoms with E-state index in [4.69, 9.17) is 11.6 Å². The van der Waals surface area contributed by atoms with Crippen molar-refractivity contribution in [2.45, 2.75) is 20.0 Å². The van der Waals surface area contributed by atoms with E-state index in [2.05, 4.69) is 21.8 Å². The quantitative estimate of drug-likeness (QED) is 0.566. The van der Waals surface area contributed by atoms with Crippen LogP contribution >= 0.6 is 11.6 Å². The molecule has 0 aliphatic heterocycles. The number of nitrogens with zero attached hydrogens (tertiary/aromatic N) is 2. The first-order chi connectivity index (χ1) is 12.7. The van der Waals surface area contributed by atoms with Crippen LogP contribution in [0.2, 0.25) is 5.02 Å². The third kappa shape index (κ3) is 2.82. The molecule has 0 atom stereocenters. The Kier molecular flexibility index (Phi) is 4.35. The Morgan fingerprint density at radius 3 is 2.73 bits per heavy atom. The molecule has 1 N–H and O–H groups in total. The van der Waals surface area contributed by atoms with Gasteiger partial charge >= 0.3 is 0 Å². The summed E-state index contributed by atoms with van der Waals surface area (Å²) in [6.07, 6.45) is 3.67. The lowest BCUT2D eigenvalue weighted by atomic mass is 10.1. The average molecular weight is 364 g/mol. The summed E-state index contributed by atoms with van der Waals surface area (Å²) in [5.74, 6) is -0.113. The van der Waals surface area contributed by atoms with E-state index in [-0.39, 0.29) is 5.91 Å². The minimum atomic E-state index is -0.113. The number of carbonyl (C=O) groups is 1. The Morgan fingerprint density at radius 2 is 1.92 bits per heavy atom. The van der Waals surface area contributed by atoms with Gasteiger partial charge < -0.3 is 9.88 Å². The van der Waals surface area contributed by atoms with Gasteiger partial charge in [-0.1, -0.05) is 35.9 Å². The number of fused-ring (bicyclic) bond motifs is 3. The Bertz CT molecular complexity index is 1120. The SMILES string of the molecule is CCn1c2cnccc2c2ccc(C(=O)NCc3ccccc3Cl)cc21. The van der Waals surface area contributed by atoms with E-state index >= 15 is 0 Å². The molecule has 0 radical (unpaired) electrons. The van der Waals surface area contributed by atoms with Crippen molar-refractivity contribution in [3.8, 4) is 0 Å². The molecule has 4 nitrogen and oxygen atoms in total. The van der Waals surface area contributed by atoms with E-state index in [0.29, 0.717) is 17.1 Å². The van der Waals surface area contributed by atoms with Crippen LogP contribution in [0.1, 0.15) is 22.8 Å². The molecule has 0 saturated carbocycles. The summed E-state index contributed by atoms with van der Waals surface area (Å²) < 4.78 is 2.18. The van der Waals surface area contributed by atoms with Gasteiger partial charge in [0, 0.05) is 46.2 Å². The predicted octanol–water partition coefficient (Wildman–Crippen LogP) is 4.79. The summed E-state index contributed by atoms with van der Waals surface area (Å²) in [4.78, 5) is 16.8. The lowest BCUT2D eigenvalue weighted by Crippen LogP contribution is -2.22. The summed E-state index contributed by atoms with van der Waals surface area (Å²) in [7, 11) is 0. The minimum absolute atomic E-state index is 0.113. The van der Waals surface area contributed by atoms with Crippen molar-refractivity contribution in [3.05, 3.63) is 77.1 Å². The molecule has 0 fully saturated rings. The average Bonchev–Trinajstić information content (AvgIpc) is 3.00. The highest BCUT2D eigenvalue weighted by Gasteiger charge is 2.13. The molecule has 0 aliphatic carbocycles. The highest BCUT2D eigenvalue weighted by Crippen LogP contribution is 2.29. The monoisotopic (exact) mass is 363 g/mol. The smallest absolute Gasteiger partial charge is 0.251 e. The number of amides is 1.